The zero-order valence-corrected chi connectivity index (χ0v) is 8.77. The van der Waals surface area contributed by atoms with Crippen LogP contribution in [-0.2, 0) is 4.79 Å². The smallest absolute Gasteiger partial charge is 0.320 e. The van der Waals surface area contributed by atoms with Crippen LogP contribution in [0.2, 0.25) is 0 Å². The summed E-state index contributed by atoms with van der Waals surface area (Å²) in [7, 11) is 0. The van der Waals surface area contributed by atoms with E-state index in [4.69, 9.17) is 4.84 Å². The number of carbonyl (C=O) groups excluding carboxylic acids is 1. The average molecular weight is 209 g/mol. The minimum Gasteiger partial charge on any atom is -0.320 e. The highest BCUT2D eigenvalue weighted by Gasteiger charge is 2.17. The Morgan fingerprint density at radius 1 is 1.60 bits per heavy atom. The van der Waals surface area contributed by atoms with Gasteiger partial charge in [0.05, 0.1) is 11.9 Å². The van der Waals surface area contributed by atoms with Gasteiger partial charge in [0.25, 0.3) is 0 Å². The summed E-state index contributed by atoms with van der Waals surface area (Å²) < 4.78 is 0. The predicted octanol–water partition coefficient (Wildman–Crippen LogP) is 0.325. The van der Waals surface area contributed by atoms with Gasteiger partial charge in [-0.05, 0) is 32.0 Å². The van der Waals surface area contributed by atoms with E-state index in [2.05, 4.69) is 10.4 Å². The number of aromatic nitrogens is 2. The molecule has 0 bridgehead atoms. The molecule has 1 aromatic rings. The van der Waals surface area contributed by atoms with Gasteiger partial charge in [-0.1, -0.05) is 4.85 Å². The van der Waals surface area contributed by atoms with E-state index in [1.807, 2.05) is 6.07 Å². The van der Waals surface area contributed by atoms with E-state index >= 15 is 0 Å². The second-order valence-corrected chi connectivity index (χ2v) is 3.75. The van der Waals surface area contributed by atoms with Crippen molar-refractivity contribution in [2.45, 2.75) is 25.7 Å². The predicted molar refractivity (Wildman–Crippen MR) is 54.3 cm³/mol. The van der Waals surface area contributed by atoms with Crippen LogP contribution in [0.3, 0.4) is 0 Å². The van der Waals surface area contributed by atoms with E-state index in [0.717, 1.165) is 31.6 Å². The van der Waals surface area contributed by atoms with E-state index in [9.17, 15) is 4.79 Å². The number of nitrogens with one attached hydrogen (secondary N) is 1. The van der Waals surface area contributed by atoms with E-state index < -0.39 is 0 Å². The Bertz CT molecular complexity index is 342. The first kappa shape index (κ1) is 10.2. The Morgan fingerprint density at radius 2 is 2.33 bits per heavy atom. The molecule has 5 heteroatoms. The summed E-state index contributed by atoms with van der Waals surface area (Å²) in [6, 6.07) is 1.92. The SMILES string of the molecule is CC(=O)On1ccc(C2CCNCC2)n1. The van der Waals surface area contributed by atoms with E-state index in [1.165, 1.54) is 11.8 Å². The second kappa shape index (κ2) is 4.44. The van der Waals surface area contributed by atoms with Gasteiger partial charge in [0.15, 0.2) is 0 Å². The fourth-order valence-electron chi connectivity index (χ4n) is 1.84. The molecule has 82 valence electrons. The van der Waals surface area contributed by atoms with E-state index in [-0.39, 0.29) is 5.97 Å². The fraction of sp³-hybridized carbons (Fsp3) is 0.600. The van der Waals surface area contributed by atoms with Gasteiger partial charge in [0.1, 0.15) is 0 Å². The molecule has 15 heavy (non-hydrogen) atoms. The molecule has 0 atom stereocenters. The molecule has 0 saturated carbocycles. The zero-order chi connectivity index (χ0) is 10.7. The summed E-state index contributed by atoms with van der Waals surface area (Å²) in [5.41, 5.74) is 1.01. The normalized spacial score (nSPS) is 17.7. The maximum atomic E-state index is 10.7. The molecule has 0 radical (unpaired) electrons. The second-order valence-electron chi connectivity index (χ2n) is 3.75. The van der Waals surface area contributed by atoms with Crippen molar-refractivity contribution in [2.75, 3.05) is 13.1 Å². The molecule has 0 spiro atoms. The number of hydrogen-bond donors (Lipinski definition) is 1. The summed E-state index contributed by atoms with van der Waals surface area (Å²) in [4.78, 5) is 16.8. The van der Waals surface area contributed by atoms with Crippen molar-refractivity contribution in [3.8, 4) is 0 Å². The van der Waals surface area contributed by atoms with Gasteiger partial charge in [0, 0.05) is 12.8 Å². The summed E-state index contributed by atoms with van der Waals surface area (Å²) in [6.45, 7) is 3.43. The van der Waals surface area contributed by atoms with Gasteiger partial charge >= 0.3 is 5.97 Å². The van der Waals surface area contributed by atoms with Gasteiger partial charge in [-0.25, -0.2) is 4.79 Å². The molecule has 2 rings (SSSR count). The van der Waals surface area contributed by atoms with Crippen molar-refractivity contribution in [1.82, 2.24) is 15.3 Å². The highest BCUT2D eigenvalue weighted by atomic mass is 16.7. The van der Waals surface area contributed by atoms with Gasteiger partial charge in [-0.15, -0.1) is 5.10 Å². The highest BCUT2D eigenvalue weighted by Crippen LogP contribution is 2.22. The van der Waals surface area contributed by atoms with Crippen molar-refractivity contribution >= 4 is 5.97 Å². The first-order valence-electron chi connectivity index (χ1n) is 5.21. The Morgan fingerprint density at radius 3 is 3.00 bits per heavy atom. The molecule has 1 N–H and O–H groups in total. The lowest BCUT2D eigenvalue weighted by atomic mass is 9.95. The maximum absolute atomic E-state index is 10.7. The van der Waals surface area contributed by atoms with Gasteiger partial charge in [-0.3, -0.25) is 0 Å². The maximum Gasteiger partial charge on any atom is 0.331 e. The third-order valence-corrected chi connectivity index (χ3v) is 2.57. The summed E-state index contributed by atoms with van der Waals surface area (Å²) in [5.74, 6) is 0.137. The molecule has 2 heterocycles. The highest BCUT2D eigenvalue weighted by molar-refractivity contribution is 5.66. The number of rotatable bonds is 2. The van der Waals surface area contributed by atoms with Crippen LogP contribution in [0.1, 0.15) is 31.4 Å². The molecular formula is C10H15N3O2. The van der Waals surface area contributed by atoms with Crippen LogP contribution in [0.5, 0.6) is 0 Å². The number of piperidine rings is 1. The minimum absolute atomic E-state index is 0.352. The monoisotopic (exact) mass is 209 g/mol. The van der Waals surface area contributed by atoms with Crippen molar-refractivity contribution in [1.29, 1.82) is 0 Å². The fourth-order valence-corrected chi connectivity index (χ4v) is 1.84. The third kappa shape index (κ3) is 2.56. The standard InChI is InChI=1S/C10H15N3O2/c1-8(14)15-13-7-4-10(12-13)9-2-5-11-6-3-9/h4,7,9,11H,2-3,5-6H2,1H3. The zero-order valence-electron chi connectivity index (χ0n) is 8.77. The minimum atomic E-state index is -0.352. The van der Waals surface area contributed by atoms with Crippen LogP contribution < -0.4 is 10.2 Å². The number of hydrogen-bond acceptors (Lipinski definition) is 4. The van der Waals surface area contributed by atoms with E-state index in [1.54, 1.807) is 6.20 Å². The van der Waals surface area contributed by atoms with Crippen LogP contribution >= 0.6 is 0 Å². The van der Waals surface area contributed by atoms with Gasteiger partial charge in [0.2, 0.25) is 0 Å². The third-order valence-electron chi connectivity index (χ3n) is 2.57. The first-order chi connectivity index (χ1) is 7.25. The number of nitrogens with zero attached hydrogens (tertiary/aromatic N) is 2. The lowest BCUT2D eigenvalue weighted by Gasteiger charge is -2.20. The number of carbonyl (C=O) groups is 1. The molecule has 1 aliphatic rings. The molecule has 0 aromatic carbocycles. The molecule has 0 amide bonds. The molecule has 1 aromatic heterocycles. The largest absolute Gasteiger partial charge is 0.331 e. The molecule has 1 fully saturated rings. The summed E-state index contributed by atoms with van der Waals surface area (Å²) in [6.07, 6.45) is 3.87. The Kier molecular flexibility index (Phi) is 3.01. The van der Waals surface area contributed by atoms with Crippen molar-refractivity contribution in [2.24, 2.45) is 0 Å². The first-order valence-corrected chi connectivity index (χ1v) is 5.21. The summed E-state index contributed by atoms with van der Waals surface area (Å²) >= 11 is 0. The Hall–Kier alpha value is -1.36. The van der Waals surface area contributed by atoms with Crippen LogP contribution in [0.4, 0.5) is 0 Å². The lowest BCUT2D eigenvalue weighted by Crippen LogP contribution is -2.27. The van der Waals surface area contributed by atoms with Crippen LogP contribution in [-0.4, -0.2) is 29.0 Å². The summed E-state index contributed by atoms with van der Waals surface area (Å²) in [5, 5.41) is 7.52. The Balaban J connectivity index is 2.02. The lowest BCUT2D eigenvalue weighted by molar-refractivity contribution is -0.143. The van der Waals surface area contributed by atoms with E-state index in [0.29, 0.717) is 5.92 Å². The molecule has 1 aliphatic heterocycles. The van der Waals surface area contributed by atoms with Crippen LogP contribution in [0, 0.1) is 0 Å². The molecule has 0 unspecified atom stereocenters. The van der Waals surface area contributed by atoms with Crippen LogP contribution in [0.25, 0.3) is 0 Å². The van der Waals surface area contributed by atoms with Gasteiger partial charge in [-0.2, -0.15) is 0 Å². The molecule has 1 saturated heterocycles. The van der Waals surface area contributed by atoms with Gasteiger partial charge < -0.3 is 10.2 Å². The molecule has 0 aliphatic carbocycles. The molecule has 5 nitrogen and oxygen atoms in total. The van der Waals surface area contributed by atoms with Crippen molar-refractivity contribution in [3.05, 3.63) is 18.0 Å². The molecular weight excluding hydrogens is 194 g/mol. The average Bonchev–Trinajstić information content (AvgIpc) is 2.67. The Labute approximate surface area is 88.4 Å². The van der Waals surface area contributed by atoms with Crippen molar-refractivity contribution in [3.63, 3.8) is 0 Å². The topological polar surface area (TPSA) is 56.1 Å². The van der Waals surface area contributed by atoms with Crippen LogP contribution in [0.15, 0.2) is 12.3 Å². The van der Waals surface area contributed by atoms with Crippen molar-refractivity contribution < 1.29 is 9.63 Å². The quantitative estimate of drug-likeness (QED) is 0.762.